The molecule has 3 heterocycles. The normalized spacial score (nSPS) is 21.0. The zero-order valence-corrected chi connectivity index (χ0v) is 23.0. The fourth-order valence-corrected chi connectivity index (χ4v) is 6.90. The van der Waals surface area contributed by atoms with E-state index in [1.807, 2.05) is 18.2 Å². The second-order valence-electron chi connectivity index (χ2n) is 11.4. The van der Waals surface area contributed by atoms with Crippen LogP contribution in [0.25, 0.3) is 61.4 Å². The molecule has 5 nitrogen and oxygen atoms in total. The van der Waals surface area contributed by atoms with Crippen LogP contribution in [0.5, 0.6) is 0 Å². The van der Waals surface area contributed by atoms with Crippen molar-refractivity contribution in [3.63, 3.8) is 0 Å². The molecule has 0 saturated carbocycles. The van der Waals surface area contributed by atoms with Crippen LogP contribution >= 0.6 is 0 Å². The Morgan fingerprint density at radius 2 is 1.50 bits per heavy atom. The van der Waals surface area contributed by atoms with E-state index >= 15 is 0 Å². The molecule has 2 aliphatic carbocycles. The average molecular weight is 543 g/mol. The van der Waals surface area contributed by atoms with Crippen molar-refractivity contribution < 1.29 is 4.74 Å². The molecular weight excluding hydrogens is 516 g/mol. The first kappa shape index (κ1) is 23.4. The standard InChI is InChI=1S/C37H26N4O/c1-37-19-6-5-15-30(37)42-36-32(37)28(18-20-38-36)35-40-33(23-9-3-2-4-10-23)39-34(41-35)24-16-17-25-26-13-7-11-22-12-8-14-27(31(22)26)29(25)21-24/h2-19,21,30,38H,20H2,1H3. The van der Waals surface area contributed by atoms with Gasteiger partial charge in [0.05, 0.1) is 5.41 Å². The molecule has 200 valence electrons. The van der Waals surface area contributed by atoms with Gasteiger partial charge in [0, 0.05) is 28.8 Å². The molecule has 5 aromatic rings. The third-order valence-electron chi connectivity index (χ3n) is 8.95. The molecule has 0 amide bonds. The van der Waals surface area contributed by atoms with Crippen molar-refractivity contribution in [1.82, 2.24) is 20.3 Å². The van der Waals surface area contributed by atoms with Crippen molar-refractivity contribution in [2.45, 2.75) is 13.0 Å². The predicted molar refractivity (Wildman–Crippen MR) is 167 cm³/mol. The molecule has 9 rings (SSSR count). The first-order chi connectivity index (χ1) is 20.7. The Kier molecular flexibility index (Phi) is 4.80. The Balaban J connectivity index is 1.23. The van der Waals surface area contributed by atoms with Crippen LogP contribution in [-0.4, -0.2) is 27.6 Å². The number of hydrogen-bond donors (Lipinski definition) is 1. The number of hydrogen-bond acceptors (Lipinski definition) is 5. The number of fused-ring (bicyclic) bond motifs is 5. The van der Waals surface area contributed by atoms with Gasteiger partial charge in [-0.3, -0.25) is 0 Å². The Labute approximate surface area is 243 Å². The largest absolute Gasteiger partial charge is 0.470 e. The number of allylic oxidation sites excluding steroid dienone is 3. The summed E-state index contributed by atoms with van der Waals surface area (Å²) < 4.78 is 6.38. The number of nitrogens with zero attached hydrogens (tertiary/aromatic N) is 3. The number of ether oxygens (including phenoxy) is 1. The Morgan fingerprint density at radius 3 is 2.33 bits per heavy atom. The Morgan fingerprint density at radius 1 is 0.738 bits per heavy atom. The smallest absolute Gasteiger partial charge is 0.192 e. The molecule has 0 bridgehead atoms. The van der Waals surface area contributed by atoms with Gasteiger partial charge in [-0.15, -0.1) is 0 Å². The van der Waals surface area contributed by atoms with E-state index in [1.165, 1.54) is 33.0 Å². The molecule has 5 heteroatoms. The van der Waals surface area contributed by atoms with Crippen LogP contribution < -0.4 is 5.32 Å². The zero-order valence-electron chi connectivity index (χ0n) is 23.0. The molecule has 0 saturated heterocycles. The number of aromatic nitrogens is 3. The van der Waals surface area contributed by atoms with E-state index in [0.717, 1.165) is 28.2 Å². The van der Waals surface area contributed by atoms with Crippen LogP contribution in [0.2, 0.25) is 0 Å². The minimum atomic E-state index is -0.318. The molecule has 4 aliphatic rings. The van der Waals surface area contributed by atoms with Gasteiger partial charge >= 0.3 is 0 Å². The van der Waals surface area contributed by atoms with Crippen LogP contribution in [-0.2, 0) is 4.74 Å². The quantitative estimate of drug-likeness (QED) is 0.248. The highest BCUT2D eigenvalue weighted by Gasteiger charge is 2.48. The summed E-state index contributed by atoms with van der Waals surface area (Å²) in [6.45, 7) is 2.87. The van der Waals surface area contributed by atoms with Crippen molar-refractivity contribution in [2.24, 2.45) is 5.41 Å². The van der Waals surface area contributed by atoms with Crippen LogP contribution in [0.15, 0.2) is 127 Å². The molecule has 2 atom stereocenters. The van der Waals surface area contributed by atoms with Crippen molar-refractivity contribution in [2.75, 3.05) is 6.54 Å². The molecule has 1 N–H and O–H groups in total. The van der Waals surface area contributed by atoms with Crippen LogP contribution in [0.1, 0.15) is 12.7 Å². The van der Waals surface area contributed by atoms with Gasteiger partial charge in [-0.25, -0.2) is 15.0 Å². The van der Waals surface area contributed by atoms with E-state index in [0.29, 0.717) is 24.0 Å². The van der Waals surface area contributed by atoms with Crippen molar-refractivity contribution >= 4 is 16.3 Å². The molecule has 4 aromatic carbocycles. The zero-order chi connectivity index (χ0) is 27.8. The predicted octanol–water partition coefficient (Wildman–Crippen LogP) is 7.74. The van der Waals surface area contributed by atoms with E-state index in [-0.39, 0.29) is 11.5 Å². The molecule has 2 aliphatic heterocycles. The van der Waals surface area contributed by atoms with Gasteiger partial charge in [-0.1, -0.05) is 103 Å². The lowest BCUT2D eigenvalue weighted by atomic mass is 9.73. The van der Waals surface area contributed by atoms with Gasteiger partial charge in [0.25, 0.3) is 0 Å². The fourth-order valence-electron chi connectivity index (χ4n) is 6.90. The van der Waals surface area contributed by atoms with Crippen LogP contribution in [0.4, 0.5) is 0 Å². The van der Waals surface area contributed by atoms with Crippen molar-refractivity contribution in [1.29, 1.82) is 0 Å². The summed E-state index contributed by atoms with van der Waals surface area (Å²) in [5.74, 6) is 2.78. The summed E-state index contributed by atoms with van der Waals surface area (Å²) in [7, 11) is 0. The maximum absolute atomic E-state index is 6.38. The summed E-state index contributed by atoms with van der Waals surface area (Å²) in [4.78, 5) is 15.3. The molecule has 1 aromatic heterocycles. The number of nitrogens with one attached hydrogen (secondary N) is 1. The minimum absolute atomic E-state index is 0.0718. The lowest BCUT2D eigenvalue weighted by Gasteiger charge is -2.30. The minimum Gasteiger partial charge on any atom is -0.470 e. The van der Waals surface area contributed by atoms with Gasteiger partial charge in [-0.2, -0.15) is 0 Å². The summed E-state index contributed by atoms with van der Waals surface area (Å²) in [5, 5.41) is 6.01. The first-order valence-corrected chi connectivity index (χ1v) is 14.4. The van der Waals surface area contributed by atoms with E-state index in [1.54, 1.807) is 0 Å². The third-order valence-corrected chi connectivity index (χ3v) is 8.95. The summed E-state index contributed by atoms with van der Waals surface area (Å²) in [5.41, 5.74) is 8.69. The average Bonchev–Trinajstić information content (AvgIpc) is 3.54. The van der Waals surface area contributed by atoms with Gasteiger partial charge < -0.3 is 10.1 Å². The van der Waals surface area contributed by atoms with Crippen molar-refractivity contribution in [3.8, 4) is 45.0 Å². The van der Waals surface area contributed by atoms with Gasteiger partial charge in [-0.05, 0) is 52.1 Å². The summed E-state index contributed by atoms with van der Waals surface area (Å²) in [6, 6.07) is 29.8. The van der Waals surface area contributed by atoms with Gasteiger partial charge in [0.1, 0.15) is 6.10 Å². The van der Waals surface area contributed by atoms with E-state index in [4.69, 9.17) is 19.7 Å². The fraction of sp³-hybridized carbons (Fsp3) is 0.108. The lowest BCUT2D eigenvalue weighted by molar-refractivity contribution is 0.119. The molecule has 2 unspecified atom stereocenters. The second-order valence-corrected chi connectivity index (χ2v) is 11.4. The number of benzene rings is 4. The topological polar surface area (TPSA) is 59.9 Å². The third kappa shape index (κ3) is 3.28. The highest BCUT2D eigenvalue weighted by Crippen LogP contribution is 2.51. The molecule has 0 fully saturated rings. The number of rotatable bonds is 3. The van der Waals surface area contributed by atoms with Gasteiger partial charge in [0.2, 0.25) is 0 Å². The van der Waals surface area contributed by atoms with Crippen molar-refractivity contribution in [3.05, 3.63) is 133 Å². The van der Waals surface area contributed by atoms with Gasteiger partial charge in [0.15, 0.2) is 23.4 Å². The summed E-state index contributed by atoms with van der Waals surface area (Å²) >= 11 is 0. The molecular formula is C37H26N4O. The Bertz CT molecular complexity index is 2080. The molecule has 0 spiro atoms. The SMILES string of the molecule is CC12C=CC=CC1OC1=C2C(c2nc(-c3ccccc3)nc(-c3ccc4c(c3)-c3cccc5cccc-4c35)n2)=CCN1. The monoisotopic (exact) mass is 542 g/mol. The van der Waals surface area contributed by atoms with E-state index < -0.39 is 0 Å². The highest BCUT2D eigenvalue weighted by molar-refractivity contribution is 6.15. The van der Waals surface area contributed by atoms with E-state index in [2.05, 4.69) is 109 Å². The molecule has 42 heavy (non-hydrogen) atoms. The maximum Gasteiger partial charge on any atom is 0.192 e. The maximum atomic E-state index is 6.38. The first-order valence-electron chi connectivity index (χ1n) is 14.4. The highest BCUT2D eigenvalue weighted by atomic mass is 16.5. The second kappa shape index (κ2) is 8.60. The van der Waals surface area contributed by atoms with Crippen LogP contribution in [0, 0.1) is 5.41 Å². The molecule has 0 radical (unpaired) electrons. The summed E-state index contributed by atoms with van der Waals surface area (Å²) in [6.07, 6.45) is 10.6. The number of dihydropyridines is 1. The van der Waals surface area contributed by atoms with Crippen LogP contribution in [0.3, 0.4) is 0 Å². The van der Waals surface area contributed by atoms with E-state index in [9.17, 15) is 0 Å². The Hall–Kier alpha value is -5.29. The lowest BCUT2D eigenvalue weighted by Crippen LogP contribution is -2.29.